The largest absolute Gasteiger partial charge is 0.504 e. The van der Waals surface area contributed by atoms with Crippen LogP contribution in [0.4, 0.5) is 5.69 Å². The zero-order valence-electron chi connectivity index (χ0n) is 15.2. The second-order valence-electron chi connectivity index (χ2n) is 6.27. The lowest BCUT2D eigenvalue weighted by molar-refractivity contribution is 0.0980. The van der Waals surface area contributed by atoms with Crippen molar-refractivity contribution in [3.05, 3.63) is 101 Å². The average Bonchev–Trinajstić information content (AvgIpc) is 2.69. The molecule has 0 unspecified atom stereocenters. The number of sulfonamides is 1. The van der Waals surface area contributed by atoms with Crippen molar-refractivity contribution in [2.45, 2.75) is 11.8 Å². The Morgan fingerprint density at radius 3 is 2.11 bits per heavy atom. The fourth-order valence-electron chi connectivity index (χ4n) is 2.54. The van der Waals surface area contributed by atoms with Gasteiger partial charge in [-0.15, -0.1) is 0 Å². The lowest BCUT2D eigenvalue weighted by Crippen LogP contribution is -2.13. The molecule has 0 saturated heterocycles. The number of anilines is 1. The average molecular weight is 393 g/mol. The van der Waals surface area contributed by atoms with Crippen LogP contribution in [0.15, 0.2) is 89.5 Å². The number of ketones is 1. The molecule has 6 heteroatoms. The predicted molar refractivity (Wildman–Crippen MR) is 110 cm³/mol. The van der Waals surface area contributed by atoms with Crippen molar-refractivity contribution in [1.29, 1.82) is 0 Å². The van der Waals surface area contributed by atoms with Gasteiger partial charge in [0.1, 0.15) is 0 Å². The Hall–Kier alpha value is -3.38. The van der Waals surface area contributed by atoms with E-state index in [1.165, 1.54) is 42.5 Å². The molecule has 0 bridgehead atoms. The lowest BCUT2D eigenvalue weighted by Gasteiger charge is -2.09. The van der Waals surface area contributed by atoms with Gasteiger partial charge in [0.25, 0.3) is 10.0 Å². The molecule has 0 aliphatic carbocycles. The number of aryl methyl sites for hydroxylation is 1. The number of carbonyl (C=O) groups is 1. The van der Waals surface area contributed by atoms with Crippen molar-refractivity contribution in [3.63, 3.8) is 0 Å². The van der Waals surface area contributed by atoms with Gasteiger partial charge in [-0.05, 0) is 55.0 Å². The summed E-state index contributed by atoms with van der Waals surface area (Å²) in [6, 6.07) is 21.4. The zero-order chi connectivity index (χ0) is 20.1. The molecule has 0 aromatic heterocycles. The lowest BCUT2D eigenvalue weighted by atomic mass is 10.1. The van der Waals surface area contributed by atoms with Crippen molar-refractivity contribution in [3.8, 4) is 0 Å². The van der Waals surface area contributed by atoms with Crippen LogP contribution in [0.25, 0.3) is 6.08 Å². The molecule has 3 rings (SSSR count). The molecule has 2 N–H and O–H groups in total. The summed E-state index contributed by atoms with van der Waals surface area (Å²) >= 11 is 0. The highest BCUT2D eigenvalue weighted by Crippen LogP contribution is 2.18. The van der Waals surface area contributed by atoms with Crippen LogP contribution in [0.5, 0.6) is 0 Å². The van der Waals surface area contributed by atoms with Gasteiger partial charge in [-0.2, -0.15) is 0 Å². The smallest absolute Gasteiger partial charge is 0.261 e. The Morgan fingerprint density at radius 2 is 1.50 bits per heavy atom. The molecule has 142 valence electrons. The molecule has 0 radical (unpaired) electrons. The molecule has 0 aliphatic heterocycles. The van der Waals surface area contributed by atoms with Crippen molar-refractivity contribution < 1.29 is 18.3 Å². The number of rotatable bonds is 6. The van der Waals surface area contributed by atoms with Crippen molar-refractivity contribution >= 4 is 27.6 Å². The van der Waals surface area contributed by atoms with Gasteiger partial charge < -0.3 is 5.11 Å². The Labute approximate surface area is 164 Å². The minimum absolute atomic E-state index is 0.154. The van der Waals surface area contributed by atoms with E-state index in [2.05, 4.69) is 4.72 Å². The van der Waals surface area contributed by atoms with E-state index >= 15 is 0 Å². The Kier molecular flexibility index (Phi) is 5.61. The number of aliphatic hydroxyl groups excluding tert-OH is 1. The second kappa shape index (κ2) is 8.10. The van der Waals surface area contributed by atoms with Gasteiger partial charge in [-0.3, -0.25) is 9.52 Å². The van der Waals surface area contributed by atoms with Gasteiger partial charge in [0.2, 0.25) is 5.78 Å². The molecule has 0 heterocycles. The van der Waals surface area contributed by atoms with Crippen molar-refractivity contribution in [1.82, 2.24) is 0 Å². The number of hydrogen-bond donors (Lipinski definition) is 2. The minimum atomic E-state index is -3.72. The van der Waals surface area contributed by atoms with E-state index < -0.39 is 15.8 Å². The summed E-state index contributed by atoms with van der Waals surface area (Å²) in [4.78, 5) is 12.5. The normalized spacial score (nSPS) is 11.8. The molecule has 3 aromatic rings. The summed E-state index contributed by atoms with van der Waals surface area (Å²) in [5.41, 5.74) is 2.24. The van der Waals surface area contributed by atoms with Gasteiger partial charge >= 0.3 is 0 Å². The molecule has 0 aliphatic rings. The number of aliphatic hydroxyl groups is 1. The molecule has 0 saturated carbocycles. The summed E-state index contributed by atoms with van der Waals surface area (Å²) in [7, 11) is -3.72. The van der Waals surface area contributed by atoms with Crippen molar-refractivity contribution in [2.24, 2.45) is 0 Å². The third-order valence-corrected chi connectivity index (χ3v) is 5.46. The number of benzene rings is 3. The summed E-state index contributed by atoms with van der Waals surface area (Å²) in [6.45, 7) is 1.88. The summed E-state index contributed by atoms with van der Waals surface area (Å²) in [6.07, 6.45) is 1.39. The Morgan fingerprint density at radius 1 is 0.893 bits per heavy atom. The van der Waals surface area contributed by atoms with E-state index in [-0.39, 0.29) is 16.2 Å². The second-order valence-corrected chi connectivity index (χ2v) is 7.95. The maximum atomic E-state index is 12.4. The zero-order valence-corrected chi connectivity index (χ0v) is 16.0. The van der Waals surface area contributed by atoms with Crippen molar-refractivity contribution in [2.75, 3.05) is 4.72 Å². The van der Waals surface area contributed by atoms with E-state index in [1.54, 1.807) is 36.4 Å². The van der Waals surface area contributed by atoms with E-state index in [4.69, 9.17) is 0 Å². The summed E-state index contributed by atoms with van der Waals surface area (Å²) in [5.74, 6) is -0.934. The standard InChI is InChI=1S/C22H19NO4S/c1-16-7-13-20(14-8-16)28(26,27)23-19-11-9-18(10-12-19)22(25)21(24)15-17-5-3-2-4-6-17/h2-15,23-24H,1H3/b21-15-. The third-order valence-electron chi connectivity index (χ3n) is 4.07. The first-order valence-electron chi connectivity index (χ1n) is 8.55. The van der Waals surface area contributed by atoms with Gasteiger partial charge in [-0.25, -0.2) is 8.42 Å². The molecule has 5 nitrogen and oxygen atoms in total. The van der Waals surface area contributed by atoms with Crippen LogP contribution in [-0.2, 0) is 10.0 Å². The van der Waals surface area contributed by atoms with Crippen LogP contribution in [0.3, 0.4) is 0 Å². The molecule has 0 amide bonds. The molecule has 0 fully saturated rings. The third kappa shape index (κ3) is 4.66. The van der Waals surface area contributed by atoms with Crippen LogP contribution >= 0.6 is 0 Å². The van der Waals surface area contributed by atoms with Crippen LogP contribution in [0, 0.1) is 6.92 Å². The monoisotopic (exact) mass is 393 g/mol. The highest BCUT2D eigenvalue weighted by molar-refractivity contribution is 7.92. The first-order chi connectivity index (χ1) is 13.3. The Balaban J connectivity index is 1.75. The predicted octanol–water partition coefficient (Wildman–Crippen LogP) is 4.58. The maximum Gasteiger partial charge on any atom is 0.261 e. The summed E-state index contributed by atoms with van der Waals surface area (Å²) in [5, 5.41) is 10.1. The SMILES string of the molecule is Cc1ccc(S(=O)(=O)Nc2ccc(C(=O)/C(O)=C/c3ccccc3)cc2)cc1. The van der Waals surface area contributed by atoms with E-state index in [1.807, 2.05) is 13.0 Å². The number of hydrogen-bond acceptors (Lipinski definition) is 4. The fraction of sp³-hybridized carbons (Fsp3) is 0.0455. The maximum absolute atomic E-state index is 12.4. The number of allylic oxidation sites excluding steroid dienone is 1. The first-order valence-corrected chi connectivity index (χ1v) is 10.0. The molecule has 28 heavy (non-hydrogen) atoms. The van der Waals surface area contributed by atoms with Crippen LogP contribution in [0.2, 0.25) is 0 Å². The topological polar surface area (TPSA) is 83.5 Å². The first kappa shape index (κ1) is 19.4. The number of carbonyl (C=O) groups excluding carboxylic acids is 1. The number of nitrogens with one attached hydrogen (secondary N) is 1. The molecular weight excluding hydrogens is 374 g/mol. The van der Waals surface area contributed by atoms with E-state index in [9.17, 15) is 18.3 Å². The molecule has 0 atom stereocenters. The van der Waals surface area contributed by atoms with E-state index in [0.717, 1.165) is 5.56 Å². The molecule has 3 aromatic carbocycles. The highest BCUT2D eigenvalue weighted by atomic mass is 32.2. The van der Waals surface area contributed by atoms with Gasteiger partial charge in [0.05, 0.1) is 4.90 Å². The fourth-order valence-corrected chi connectivity index (χ4v) is 3.60. The van der Waals surface area contributed by atoms with Gasteiger partial charge in [-0.1, -0.05) is 48.0 Å². The van der Waals surface area contributed by atoms with Crippen LogP contribution in [-0.4, -0.2) is 19.3 Å². The van der Waals surface area contributed by atoms with Crippen LogP contribution in [0.1, 0.15) is 21.5 Å². The van der Waals surface area contributed by atoms with Gasteiger partial charge in [0, 0.05) is 11.3 Å². The molecular formula is C22H19NO4S. The van der Waals surface area contributed by atoms with Crippen LogP contribution < -0.4 is 4.72 Å². The summed E-state index contributed by atoms with van der Waals surface area (Å²) < 4.78 is 27.3. The van der Waals surface area contributed by atoms with E-state index in [0.29, 0.717) is 11.3 Å². The minimum Gasteiger partial charge on any atom is -0.504 e. The van der Waals surface area contributed by atoms with Gasteiger partial charge in [0.15, 0.2) is 5.76 Å². The highest BCUT2D eigenvalue weighted by Gasteiger charge is 2.15. The Bertz CT molecular complexity index is 1100. The number of Topliss-reactive ketones (excluding diaryl/α,β-unsaturated/α-hetero) is 1. The quantitative estimate of drug-likeness (QED) is 0.365. The molecule has 0 spiro atoms.